The number of hydrogen-bond acceptors (Lipinski definition) is 2. The SMILES string of the molecule is O=C(COCC(F)(F)F)NCc1ccc(Br)cc1Cl. The summed E-state index contributed by atoms with van der Waals surface area (Å²) in [5.74, 6) is -0.636. The lowest BCUT2D eigenvalue weighted by atomic mass is 10.2. The Hall–Kier alpha value is -0.790. The van der Waals surface area contributed by atoms with Crippen molar-refractivity contribution in [1.29, 1.82) is 0 Å². The highest BCUT2D eigenvalue weighted by Crippen LogP contribution is 2.21. The normalized spacial score (nSPS) is 11.4. The van der Waals surface area contributed by atoms with Crippen LogP contribution in [0, 0.1) is 0 Å². The van der Waals surface area contributed by atoms with Gasteiger partial charge in [-0.25, -0.2) is 0 Å². The van der Waals surface area contributed by atoms with E-state index in [1.54, 1.807) is 18.2 Å². The summed E-state index contributed by atoms with van der Waals surface area (Å²) in [6.07, 6.45) is -4.44. The number of hydrogen-bond donors (Lipinski definition) is 1. The van der Waals surface area contributed by atoms with E-state index in [0.717, 1.165) is 4.47 Å². The van der Waals surface area contributed by atoms with Gasteiger partial charge in [0.2, 0.25) is 5.91 Å². The van der Waals surface area contributed by atoms with Gasteiger partial charge in [-0.15, -0.1) is 0 Å². The van der Waals surface area contributed by atoms with E-state index in [2.05, 4.69) is 26.0 Å². The molecule has 0 fully saturated rings. The number of halogens is 5. The molecular formula is C11H10BrClF3NO2. The van der Waals surface area contributed by atoms with Crippen LogP contribution in [0.3, 0.4) is 0 Å². The number of benzene rings is 1. The molecule has 1 amide bonds. The van der Waals surface area contributed by atoms with Gasteiger partial charge < -0.3 is 10.1 Å². The van der Waals surface area contributed by atoms with Crippen LogP contribution in [0.15, 0.2) is 22.7 Å². The second-order valence-corrected chi connectivity index (χ2v) is 4.94. The van der Waals surface area contributed by atoms with Gasteiger partial charge in [0.1, 0.15) is 13.2 Å². The maximum Gasteiger partial charge on any atom is 0.411 e. The fourth-order valence-electron chi connectivity index (χ4n) is 1.17. The smallest absolute Gasteiger partial charge is 0.362 e. The molecule has 0 aliphatic rings. The van der Waals surface area contributed by atoms with E-state index < -0.39 is 25.3 Å². The highest BCUT2D eigenvalue weighted by molar-refractivity contribution is 9.10. The number of amides is 1. The monoisotopic (exact) mass is 359 g/mol. The Morgan fingerprint density at radius 3 is 2.68 bits per heavy atom. The molecule has 1 aromatic rings. The van der Waals surface area contributed by atoms with Gasteiger partial charge in [0.15, 0.2) is 0 Å². The van der Waals surface area contributed by atoms with Crippen LogP contribution in [-0.4, -0.2) is 25.3 Å². The quantitative estimate of drug-likeness (QED) is 0.875. The average Bonchev–Trinajstić information content (AvgIpc) is 2.26. The molecule has 0 radical (unpaired) electrons. The third kappa shape index (κ3) is 6.79. The van der Waals surface area contributed by atoms with E-state index in [1.165, 1.54) is 0 Å². The first-order valence-electron chi connectivity index (χ1n) is 5.13. The molecular weight excluding hydrogens is 350 g/mol. The summed E-state index contributed by atoms with van der Waals surface area (Å²) in [6.45, 7) is -1.96. The van der Waals surface area contributed by atoms with Gasteiger partial charge in [0.05, 0.1) is 0 Å². The number of carbonyl (C=O) groups excluding carboxylic acids is 1. The molecule has 0 spiro atoms. The lowest BCUT2D eigenvalue weighted by Gasteiger charge is -2.09. The summed E-state index contributed by atoms with van der Waals surface area (Å²) >= 11 is 9.15. The van der Waals surface area contributed by atoms with Crippen molar-refractivity contribution in [2.24, 2.45) is 0 Å². The fraction of sp³-hybridized carbons (Fsp3) is 0.364. The molecule has 0 aliphatic carbocycles. The van der Waals surface area contributed by atoms with Gasteiger partial charge >= 0.3 is 6.18 Å². The number of ether oxygens (including phenoxy) is 1. The summed E-state index contributed by atoms with van der Waals surface area (Å²) in [5.41, 5.74) is 0.661. The van der Waals surface area contributed by atoms with Crippen LogP contribution < -0.4 is 5.32 Å². The summed E-state index contributed by atoms with van der Waals surface area (Å²) in [6, 6.07) is 5.10. The highest BCUT2D eigenvalue weighted by atomic mass is 79.9. The van der Waals surface area contributed by atoms with E-state index >= 15 is 0 Å². The van der Waals surface area contributed by atoms with Crippen LogP contribution in [0.25, 0.3) is 0 Å². The van der Waals surface area contributed by atoms with Gasteiger partial charge in [-0.3, -0.25) is 4.79 Å². The minimum atomic E-state index is -4.44. The zero-order chi connectivity index (χ0) is 14.5. The topological polar surface area (TPSA) is 38.3 Å². The Balaban J connectivity index is 2.34. The Bertz CT molecular complexity index is 454. The molecule has 0 heterocycles. The first-order valence-corrected chi connectivity index (χ1v) is 6.30. The summed E-state index contributed by atoms with van der Waals surface area (Å²) < 4.78 is 40.3. The number of carbonyl (C=O) groups is 1. The van der Waals surface area contributed by atoms with Crippen LogP contribution in [-0.2, 0) is 16.1 Å². The molecule has 0 atom stereocenters. The van der Waals surface area contributed by atoms with Gasteiger partial charge in [0.25, 0.3) is 0 Å². The molecule has 106 valence electrons. The molecule has 8 heteroatoms. The van der Waals surface area contributed by atoms with Crippen molar-refractivity contribution in [3.63, 3.8) is 0 Å². The van der Waals surface area contributed by atoms with Crippen molar-refractivity contribution >= 4 is 33.4 Å². The van der Waals surface area contributed by atoms with Gasteiger partial charge in [0, 0.05) is 16.0 Å². The maximum absolute atomic E-state index is 11.8. The second kappa shape index (κ2) is 7.12. The van der Waals surface area contributed by atoms with Crippen molar-refractivity contribution in [2.75, 3.05) is 13.2 Å². The molecule has 0 aromatic heterocycles. The largest absolute Gasteiger partial charge is 0.411 e. The van der Waals surface area contributed by atoms with Crippen molar-refractivity contribution in [1.82, 2.24) is 5.32 Å². The predicted octanol–water partition coefficient (Wildman–Crippen LogP) is 3.30. The van der Waals surface area contributed by atoms with Crippen molar-refractivity contribution in [2.45, 2.75) is 12.7 Å². The van der Waals surface area contributed by atoms with E-state index in [9.17, 15) is 18.0 Å². The molecule has 1 rings (SSSR count). The number of rotatable bonds is 5. The highest BCUT2D eigenvalue weighted by Gasteiger charge is 2.27. The predicted molar refractivity (Wildman–Crippen MR) is 67.9 cm³/mol. The van der Waals surface area contributed by atoms with Crippen LogP contribution in [0.2, 0.25) is 5.02 Å². The van der Waals surface area contributed by atoms with E-state index in [0.29, 0.717) is 10.6 Å². The van der Waals surface area contributed by atoms with Gasteiger partial charge in [-0.05, 0) is 17.7 Å². The maximum atomic E-state index is 11.8. The molecule has 19 heavy (non-hydrogen) atoms. The van der Waals surface area contributed by atoms with Crippen LogP contribution in [0.5, 0.6) is 0 Å². The lowest BCUT2D eigenvalue weighted by molar-refractivity contribution is -0.175. The van der Waals surface area contributed by atoms with Crippen LogP contribution >= 0.6 is 27.5 Å². The van der Waals surface area contributed by atoms with E-state index in [4.69, 9.17) is 11.6 Å². The Kier molecular flexibility index (Phi) is 6.09. The molecule has 0 saturated heterocycles. The van der Waals surface area contributed by atoms with Crippen molar-refractivity contribution < 1.29 is 22.7 Å². The molecule has 1 N–H and O–H groups in total. The minimum Gasteiger partial charge on any atom is -0.362 e. The molecule has 0 unspecified atom stereocenters. The number of alkyl halides is 3. The van der Waals surface area contributed by atoms with Crippen molar-refractivity contribution in [3.05, 3.63) is 33.3 Å². The Morgan fingerprint density at radius 2 is 2.11 bits per heavy atom. The zero-order valence-electron chi connectivity index (χ0n) is 9.56. The first kappa shape index (κ1) is 16.3. The van der Waals surface area contributed by atoms with E-state index in [1.807, 2.05) is 0 Å². The first-order chi connectivity index (χ1) is 8.78. The Morgan fingerprint density at radius 1 is 1.42 bits per heavy atom. The summed E-state index contributed by atoms with van der Waals surface area (Å²) in [7, 11) is 0. The van der Waals surface area contributed by atoms with Crippen LogP contribution in [0.4, 0.5) is 13.2 Å². The Labute approximate surface area is 121 Å². The summed E-state index contributed by atoms with van der Waals surface area (Å²) in [5, 5.41) is 2.86. The fourth-order valence-corrected chi connectivity index (χ4v) is 1.91. The van der Waals surface area contributed by atoms with Crippen LogP contribution in [0.1, 0.15) is 5.56 Å². The van der Waals surface area contributed by atoms with Gasteiger partial charge in [-0.2, -0.15) is 13.2 Å². The van der Waals surface area contributed by atoms with Gasteiger partial charge in [-0.1, -0.05) is 33.6 Å². The molecule has 3 nitrogen and oxygen atoms in total. The average molecular weight is 361 g/mol. The molecule has 0 bridgehead atoms. The standard InChI is InChI=1S/C11H10BrClF3NO2/c12-8-2-1-7(9(13)3-8)4-17-10(18)5-19-6-11(14,15)16/h1-3H,4-6H2,(H,17,18). The third-order valence-electron chi connectivity index (χ3n) is 1.99. The van der Waals surface area contributed by atoms with Crippen molar-refractivity contribution in [3.8, 4) is 0 Å². The second-order valence-electron chi connectivity index (χ2n) is 3.62. The zero-order valence-corrected chi connectivity index (χ0v) is 11.9. The molecule has 1 aromatic carbocycles. The molecule has 0 saturated carbocycles. The molecule has 0 aliphatic heterocycles. The number of nitrogens with one attached hydrogen (secondary N) is 1. The third-order valence-corrected chi connectivity index (χ3v) is 2.84. The minimum absolute atomic E-state index is 0.125. The lowest BCUT2D eigenvalue weighted by Crippen LogP contribution is -2.29. The van der Waals surface area contributed by atoms with E-state index in [-0.39, 0.29) is 6.54 Å². The summed E-state index contributed by atoms with van der Waals surface area (Å²) in [4.78, 5) is 11.2.